The van der Waals surface area contributed by atoms with Crippen LogP contribution in [-0.4, -0.2) is 19.1 Å². The zero-order chi connectivity index (χ0) is 14.0. The Labute approximate surface area is 118 Å². The van der Waals surface area contributed by atoms with E-state index in [0.717, 1.165) is 12.8 Å². The third-order valence-electron chi connectivity index (χ3n) is 3.34. The van der Waals surface area contributed by atoms with Gasteiger partial charge in [0.25, 0.3) is 0 Å². The van der Waals surface area contributed by atoms with Crippen molar-refractivity contribution in [3.05, 3.63) is 0 Å². The topological polar surface area (TPSA) is 98.6 Å². The SMILES string of the molecule is CCCCCCCCCC(C)C(C)OS(=O)(=O)O.N. The van der Waals surface area contributed by atoms with Gasteiger partial charge in [0, 0.05) is 0 Å². The summed E-state index contributed by atoms with van der Waals surface area (Å²) in [6, 6.07) is 0. The lowest BCUT2D eigenvalue weighted by molar-refractivity contribution is 0.140. The lowest BCUT2D eigenvalue weighted by Crippen LogP contribution is -2.21. The van der Waals surface area contributed by atoms with E-state index in [2.05, 4.69) is 11.1 Å². The van der Waals surface area contributed by atoms with E-state index in [1.807, 2.05) is 6.92 Å². The summed E-state index contributed by atoms with van der Waals surface area (Å²) in [6.45, 7) is 5.84. The van der Waals surface area contributed by atoms with Gasteiger partial charge in [-0.1, -0.05) is 58.8 Å². The zero-order valence-corrected chi connectivity index (χ0v) is 13.4. The third-order valence-corrected chi connectivity index (χ3v) is 3.88. The molecule has 4 N–H and O–H groups in total. The first kappa shape index (κ1) is 21.1. The molecule has 0 aromatic heterocycles. The number of hydrogen-bond donors (Lipinski definition) is 2. The first-order chi connectivity index (χ1) is 8.37. The van der Waals surface area contributed by atoms with E-state index in [4.69, 9.17) is 4.55 Å². The minimum absolute atomic E-state index is 0. The Morgan fingerprint density at radius 1 is 1.00 bits per heavy atom. The maximum absolute atomic E-state index is 10.6. The van der Waals surface area contributed by atoms with Crippen LogP contribution in [0.15, 0.2) is 0 Å². The highest BCUT2D eigenvalue weighted by Gasteiger charge is 2.18. The number of unbranched alkanes of at least 4 members (excludes halogenated alkanes) is 6. The summed E-state index contributed by atoms with van der Waals surface area (Å²) in [5, 5.41) is 0. The Morgan fingerprint density at radius 3 is 1.95 bits per heavy atom. The molecule has 0 aromatic rings. The number of rotatable bonds is 11. The molecule has 0 aliphatic carbocycles. The normalized spacial score (nSPS) is 14.7. The van der Waals surface area contributed by atoms with E-state index in [9.17, 15) is 8.42 Å². The molecule has 0 aliphatic rings. The van der Waals surface area contributed by atoms with Crippen LogP contribution in [0.4, 0.5) is 0 Å². The van der Waals surface area contributed by atoms with Crippen LogP contribution < -0.4 is 6.15 Å². The molecule has 0 amide bonds. The van der Waals surface area contributed by atoms with Gasteiger partial charge < -0.3 is 6.15 Å². The lowest BCUT2D eigenvalue weighted by atomic mass is 9.98. The van der Waals surface area contributed by atoms with Crippen molar-refractivity contribution in [1.29, 1.82) is 0 Å². The monoisotopic (exact) mass is 297 g/mol. The Bertz CT molecular complexity index is 293. The quantitative estimate of drug-likeness (QED) is 0.441. The molecule has 0 fully saturated rings. The van der Waals surface area contributed by atoms with Crippen molar-refractivity contribution >= 4 is 10.4 Å². The summed E-state index contributed by atoms with van der Waals surface area (Å²) in [6.07, 6.45) is 9.19. The smallest absolute Gasteiger partial charge is 0.344 e. The van der Waals surface area contributed by atoms with Gasteiger partial charge >= 0.3 is 10.4 Å². The van der Waals surface area contributed by atoms with Crippen LogP contribution in [0.3, 0.4) is 0 Å². The van der Waals surface area contributed by atoms with Crippen molar-refractivity contribution in [1.82, 2.24) is 6.15 Å². The molecular weight excluding hydrogens is 266 g/mol. The van der Waals surface area contributed by atoms with E-state index in [-0.39, 0.29) is 12.1 Å². The molecule has 0 saturated heterocycles. The second kappa shape index (κ2) is 11.6. The summed E-state index contributed by atoms with van der Waals surface area (Å²) in [7, 11) is -4.31. The van der Waals surface area contributed by atoms with Crippen molar-refractivity contribution in [3.8, 4) is 0 Å². The van der Waals surface area contributed by atoms with Crippen LogP contribution in [0.25, 0.3) is 0 Å². The fourth-order valence-corrected chi connectivity index (χ4v) is 2.52. The summed E-state index contributed by atoms with van der Waals surface area (Å²) >= 11 is 0. The highest BCUT2D eigenvalue weighted by Crippen LogP contribution is 2.18. The molecule has 0 saturated carbocycles. The molecule has 19 heavy (non-hydrogen) atoms. The largest absolute Gasteiger partial charge is 0.397 e. The average molecular weight is 297 g/mol. The minimum atomic E-state index is -4.31. The first-order valence-corrected chi connectivity index (χ1v) is 8.39. The maximum atomic E-state index is 10.6. The van der Waals surface area contributed by atoms with Crippen LogP contribution in [0.2, 0.25) is 0 Å². The Morgan fingerprint density at radius 2 is 1.47 bits per heavy atom. The van der Waals surface area contributed by atoms with Gasteiger partial charge in [-0.25, -0.2) is 4.18 Å². The van der Waals surface area contributed by atoms with Gasteiger partial charge in [0.15, 0.2) is 0 Å². The van der Waals surface area contributed by atoms with Crippen LogP contribution in [-0.2, 0) is 14.6 Å². The molecule has 0 heterocycles. The zero-order valence-electron chi connectivity index (χ0n) is 12.6. The molecule has 2 unspecified atom stereocenters. The molecule has 0 rings (SSSR count). The fourth-order valence-electron chi connectivity index (χ4n) is 1.94. The first-order valence-electron chi connectivity index (χ1n) is 7.02. The summed E-state index contributed by atoms with van der Waals surface area (Å²) in [4.78, 5) is 0. The summed E-state index contributed by atoms with van der Waals surface area (Å²) < 4.78 is 34.2. The van der Waals surface area contributed by atoms with Crippen LogP contribution >= 0.6 is 0 Å². The second-order valence-electron chi connectivity index (χ2n) is 5.12. The summed E-state index contributed by atoms with van der Waals surface area (Å²) in [5.41, 5.74) is 0. The number of hydrogen-bond acceptors (Lipinski definition) is 4. The van der Waals surface area contributed by atoms with Crippen LogP contribution in [0, 0.1) is 5.92 Å². The average Bonchev–Trinajstić information content (AvgIpc) is 2.25. The molecule has 6 heteroatoms. The Hall–Kier alpha value is -0.170. The predicted molar refractivity (Wildman–Crippen MR) is 78.9 cm³/mol. The molecule has 0 radical (unpaired) electrons. The predicted octanol–water partition coefficient (Wildman–Crippen LogP) is 4.13. The van der Waals surface area contributed by atoms with E-state index in [1.165, 1.54) is 38.5 Å². The van der Waals surface area contributed by atoms with Crippen molar-refractivity contribution in [2.24, 2.45) is 5.92 Å². The van der Waals surface area contributed by atoms with E-state index in [1.54, 1.807) is 6.92 Å². The van der Waals surface area contributed by atoms with Gasteiger partial charge in [-0.15, -0.1) is 0 Å². The fraction of sp³-hybridized carbons (Fsp3) is 1.00. The molecular formula is C13H31NO4S. The van der Waals surface area contributed by atoms with Gasteiger partial charge in [0.05, 0.1) is 6.10 Å². The molecule has 0 spiro atoms. The van der Waals surface area contributed by atoms with Crippen LogP contribution in [0.5, 0.6) is 0 Å². The van der Waals surface area contributed by atoms with Crippen molar-refractivity contribution in [3.63, 3.8) is 0 Å². The minimum Gasteiger partial charge on any atom is -0.344 e. The molecule has 0 aromatic carbocycles. The molecule has 118 valence electrons. The van der Waals surface area contributed by atoms with Gasteiger partial charge in [-0.3, -0.25) is 4.55 Å². The summed E-state index contributed by atoms with van der Waals surface area (Å²) in [5.74, 6) is 0.141. The standard InChI is InChI=1S/C13H28O4S.H3N/c1-4-5-6-7-8-9-10-11-12(2)13(3)17-18(14,15)16;/h12-13H,4-11H2,1-3H3,(H,14,15,16);1H3. The van der Waals surface area contributed by atoms with E-state index in [0.29, 0.717) is 0 Å². The van der Waals surface area contributed by atoms with Crippen LogP contribution in [0.1, 0.15) is 72.1 Å². The van der Waals surface area contributed by atoms with Crippen molar-refractivity contribution in [2.45, 2.75) is 78.2 Å². The third kappa shape index (κ3) is 14.1. The molecule has 2 atom stereocenters. The lowest BCUT2D eigenvalue weighted by Gasteiger charge is -2.18. The van der Waals surface area contributed by atoms with E-state index < -0.39 is 16.5 Å². The van der Waals surface area contributed by atoms with Gasteiger partial charge in [0.1, 0.15) is 0 Å². The highest BCUT2D eigenvalue weighted by molar-refractivity contribution is 7.80. The second-order valence-corrected chi connectivity index (χ2v) is 6.16. The molecule has 0 bridgehead atoms. The van der Waals surface area contributed by atoms with E-state index >= 15 is 0 Å². The van der Waals surface area contributed by atoms with Gasteiger partial charge in [-0.2, -0.15) is 8.42 Å². The van der Waals surface area contributed by atoms with Gasteiger partial charge in [0.2, 0.25) is 0 Å². The van der Waals surface area contributed by atoms with Crippen molar-refractivity contribution in [2.75, 3.05) is 0 Å². The highest BCUT2D eigenvalue weighted by atomic mass is 32.3. The molecule has 5 nitrogen and oxygen atoms in total. The van der Waals surface area contributed by atoms with Crippen molar-refractivity contribution < 1.29 is 17.2 Å². The van der Waals surface area contributed by atoms with Gasteiger partial charge in [-0.05, 0) is 19.3 Å². The Balaban J connectivity index is 0. The molecule has 0 aliphatic heterocycles. The maximum Gasteiger partial charge on any atom is 0.397 e. The Kier molecular flexibility index (Phi) is 12.9.